The smallest absolute Gasteiger partial charge is 0.129 e. The fourth-order valence-electron chi connectivity index (χ4n) is 2.17. The van der Waals surface area contributed by atoms with Gasteiger partial charge in [-0.3, -0.25) is 0 Å². The van der Waals surface area contributed by atoms with Crippen molar-refractivity contribution in [3.63, 3.8) is 0 Å². The molecule has 1 heterocycles. The standard InChI is InChI=1S/C16H20ClN3/c1-12-8-14(10-18-2)9-16(19-12)20(3)11-13-4-6-15(17)7-5-13/h4-9,18H,10-11H2,1-3H3. The first-order chi connectivity index (χ1) is 9.58. The number of aryl methyl sites for hydroxylation is 1. The lowest BCUT2D eigenvalue weighted by Crippen LogP contribution is -2.18. The van der Waals surface area contributed by atoms with Crippen molar-refractivity contribution in [3.8, 4) is 0 Å². The van der Waals surface area contributed by atoms with E-state index in [-0.39, 0.29) is 0 Å². The van der Waals surface area contributed by atoms with Crippen molar-refractivity contribution < 1.29 is 0 Å². The largest absolute Gasteiger partial charge is 0.355 e. The first-order valence-corrected chi connectivity index (χ1v) is 7.04. The fourth-order valence-corrected chi connectivity index (χ4v) is 2.29. The lowest BCUT2D eigenvalue weighted by molar-refractivity contribution is 0.809. The summed E-state index contributed by atoms with van der Waals surface area (Å²) in [5.74, 6) is 0.991. The predicted octanol–water partition coefficient (Wildman–Crippen LogP) is 3.40. The highest BCUT2D eigenvalue weighted by molar-refractivity contribution is 6.30. The van der Waals surface area contributed by atoms with Gasteiger partial charge in [-0.15, -0.1) is 0 Å². The molecular weight excluding hydrogens is 270 g/mol. The van der Waals surface area contributed by atoms with Crippen molar-refractivity contribution in [2.45, 2.75) is 20.0 Å². The summed E-state index contributed by atoms with van der Waals surface area (Å²) < 4.78 is 0. The van der Waals surface area contributed by atoms with E-state index in [1.807, 2.05) is 38.2 Å². The average Bonchev–Trinajstić information content (AvgIpc) is 2.41. The van der Waals surface area contributed by atoms with Gasteiger partial charge < -0.3 is 10.2 Å². The third-order valence-corrected chi connectivity index (χ3v) is 3.36. The van der Waals surface area contributed by atoms with E-state index in [0.29, 0.717) is 0 Å². The van der Waals surface area contributed by atoms with Crippen molar-refractivity contribution >= 4 is 17.4 Å². The number of hydrogen-bond acceptors (Lipinski definition) is 3. The van der Waals surface area contributed by atoms with Gasteiger partial charge in [0.15, 0.2) is 0 Å². The van der Waals surface area contributed by atoms with E-state index in [1.165, 1.54) is 11.1 Å². The van der Waals surface area contributed by atoms with E-state index in [4.69, 9.17) is 11.6 Å². The Bertz CT molecular complexity index is 566. The number of benzene rings is 1. The van der Waals surface area contributed by atoms with Crippen molar-refractivity contribution in [1.82, 2.24) is 10.3 Å². The van der Waals surface area contributed by atoms with Crippen LogP contribution >= 0.6 is 11.6 Å². The molecule has 20 heavy (non-hydrogen) atoms. The molecule has 0 saturated heterocycles. The topological polar surface area (TPSA) is 28.2 Å². The Morgan fingerprint density at radius 3 is 2.50 bits per heavy atom. The molecule has 0 aliphatic heterocycles. The molecule has 0 fully saturated rings. The Hall–Kier alpha value is -1.58. The molecule has 0 bridgehead atoms. The monoisotopic (exact) mass is 289 g/mol. The van der Waals surface area contributed by atoms with Gasteiger partial charge in [-0.05, 0) is 49.4 Å². The second-order valence-electron chi connectivity index (χ2n) is 4.99. The lowest BCUT2D eigenvalue weighted by Gasteiger charge is -2.20. The normalized spacial score (nSPS) is 10.6. The summed E-state index contributed by atoms with van der Waals surface area (Å²) in [6.45, 7) is 3.69. The molecule has 106 valence electrons. The molecule has 3 nitrogen and oxygen atoms in total. The predicted molar refractivity (Wildman–Crippen MR) is 85.3 cm³/mol. The molecule has 2 aromatic rings. The molecule has 1 aromatic heterocycles. The van der Waals surface area contributed by atoms with Crippen LogP contribution in [0.5, 0.6) is 0 Å². The van der Waals surface area contributed by atoms with Crippen LogP contribution in [0.3, 0.4) is 0 Å². The minimum absolute atomic E-state index is 0.765. The summed E-state index contributed by atoms with van der Waals surface area (Å²) in [6, 6.07) is 12.2. The maximum atomic E-state index is 5.91. The van der Waals surface area contributed by atoms with Gasteiger partial charge in [0.05, 0.1) is 0 Å². The first kappa shape index (κ1) is 14.8. The van der Waals surface area contributed by atoms with Crippen LogP contribution in [0, 0.1) is 6.92 Å². The molecule has 0 saturated carbocycles. The van der Waals surface area contributed by atoms with Crippen LogP contribution in [-0.2, 0) is 13.1 Å². The highest BCUT2D eigenvalue weighted by Crippen LogP contribution is 2.17. The Labute approximate surface area is 125 Å². The molecule has 0 unspecified atom stereocenters. The molecular formula is C16H20ClN3. The minimum atomic E-state index is 0.765. The van der Waals surface area contributed by atoms with Crippen LogP contribution in [0.15, 0.2) is 36.4 Å². The molecule has 1 aromatic carbocycles. The molecule has 1 N–H and O–H groups in total. The molecule has 0 aliphatic carbocycles. The van der Waals surface area contributed by atoms with Gasteiger partial charge in [0.1, 0.15) is 5.82 Å². The van der Waals surface area contributed by atoms with Crippen LogP contribution in [0.25, 0.3) is 0 Å². The summed E-state index contributed by atoms with van der Waals surface area (Å²) in [7, 11) is 4.01. The van der Waals surface area contributed by atoms with Gasteiger partial charge in [-0.1, -0.05) is 23.7 Å². The second kappa shape index (κ2) is 6.73. The second-order valence-corrected chi connectivity index (χ2v) is 5.42. The van der Waals surface area contributed by atoms with E-state index in [9.17, 15) is 0 Å². The number of aromatic nitrogens is 1. The number of pyridine rings is 1. The summed E-state index contributed by atoms with van der Waals surface area (Å²) in [5, 5.41) is 3.94. The zero-order valence-electron chi connectivity index (χ0n) is 12.2. The van der Waals surface area contributed by atoms with Crippen molar-refractivity contribution in [1.29, 1.82) is 0 Å². The lowest BCUT2D eigenvalue weighted by atomic mass is 10.2. The van der Waals surface area contributed by atoms with Gasteiger partial charge in [0.2, 0.25) is 0 Å². The fraction of sp³-hybridized carbons (Fsp3) is 0.312. The highest BCUT2D eigenvalue weighted by Gasteiger charge is 2.06. The minimum Gasteiger partial charge on any atom is -0.355 e. The molecule has 4 heteroatoms. The van der Waals surface area contributed by atoms with Gasteiger partial charge in [0, 0.05) is 30.9 Å². The molecule has 0 amide bonds. The Morgan fingerprint density at radius 1 is 1.15 bits per heavy atom. The van der Waals surface area contributed by atoms with E-state index in [1.54, 1.807) is 0 Å². The molecule has 0 aliphatic rings. The number of nitrogens with zero attached hydrogens (tertiary/aromatic N) is 2. The van der Waals surface area contributed by atoms with Crippen molar-refractivity contribution in [2.75, 3.05) is 19.0 Å². The quantitative estimate of drug-likeness (QED) is 0.914. The molecule has 0 radical (unpaired) electrons. The SMILES string of the molecule is CNCc1cc(C)nc(N(C)Cc2ccc(Cl)cc2)c1. The third-order valence-electron chi connectivity index (χ3n) is 3.10. The maximum Gasteiger partial charge on any atom is 0.129 e. The molecule has 0 atom stereocenters. The molecule has 0 spiro atoms. The van der Waals surface area contributed by atoms with Crippen LogP contribution in [0.1, 0.15) is 16.8 Å². The Morgan fingerprint density at radius 2 is 1.85 bits per heavy atom. The van der Waals surface area contributed by atoms with Crippen LogP contribution in [0.4, 0.5) is 5.82 Å². The number of nitrogens with one attached hydrogen (secondary N) is 1. The zero-order chi connectivity index (χ0) is 14.5. The van der Waals surface area contributed by atoms with Gasteiger partial charge in [0.25, 0.3) is 0 Å². The number of anilines is 1. The summed E-state index contributed by atoms with van der Waals surface area (Å²) >= 11 is 5.91. The number of hydrogen-bond donors (Lipinski definition) is 1. The van der Waals surface area contributed by atoms with Crippen LogP contribution in [-0.4, -0.2) is 19.1 Å². The van der Waals surface area contributed by atoms with Gasteiger partial charge >= 0.3 is 0 Å². The maximum absolute atomic E-state index is 5.91. The van der Waals surface area contributed by atoms with Crippen LogP contribution in [0.2, 0.25) is 5.02 Å². The van der Waals surface area contributed by atoms with E-state index in [2.05, 4.69) is 34.4 Å². The first-order valence-electron chi connectivity index (χ1n) is 6.66. The Kier molecular flexibility index (Phi) is 4.99. The number of halogens is 1. The van der Waals surface area contributed by atoms with Gasteiger partial charge in [-0.25, -0.2) is 4.98 Å². The van der Waals surface area contributed by atoms with Crippen molar-refractivity contribution in [3.05, 3.63) is 58.2 Å². The van der Waals surface area contributed by atoms with Crippen molar-refractivity contribution in [2.24, 2.45) is 0 Å². The van der Waals surface area contributed by atoms with Crippen LogP contribution < -0.4 is 10.2 Å². The van der Waals surface area contributed by atoms with E-state index >= 15 is 0 Å². The Balaban J connectivity index is 2.15. The third kappa shape index (κ3) is 3.95. The van der Waals surface area contributed by atoms with Gasteiger partial charge in [-0.2, -0.15) is 0 Å². The average molecular weight is 290 g/mol. The van der Waals surface area contributed by atoms with E-state index in [0.717, 1.165) is 29.6 Å². The summed E-state index contributed by atoms with van der Waals surface area (Å²) in [6.07, 6.45) is 0. The number of rotatable bonds is 5. The zero-order valence-corrected chi connectivity index (χ0v) is 12.9. The van der Waals surface area contributed by atoms with E-state index < -0.39 is 0 Å². The summed E-state index contributed by atoms with van der Waals surface area (Å²) in [4.78, 5) is 6.75. The molecule has 2 rings (SSSR count). The highest BCUT2D eigenvalue weighted by atomic mass is 35.5. The summed E-state index contributed by atoms with van der Waals surface area (Å²) in [5.41, 5.74) is 3.50.